The molecule has 1 aromatic carbocycles. The molecule has 0 aromatic heterocycles. The summed E-state index contributed by atoms with van der Waals surface area (Å²) in [4.78, 5) is 0. The Kier molecular flexibility index (Phi) is 5.37. The van der Waals surface area contributed by atoms with E-state index in [1.165, 1.54) is 12.1 Å². The monoisotopic (exact) mass is 239 g/mol. The molecule has 14 heavy (non-hydrogen) atoms. The van der Waals surface area contributed by atoms with Crippen LogP contribution in [-0.4, -0.2) is 11.2 Å². The Morgan fingerprint density at radius 3 is 2.50 bits per heavy atom. The predicted octanol–water partition coefficient (Wildman–Crippen LogP) is 2.28. The zero-order chi connectivity index (χ0) is 10.0. The second-order valence-electron chi connectivity index (χ2n) is 2.94. The lowest BCUT2D eigenvalue weighted by molar-refractivity contribution is 0.164. The van der Waals surface area contributed by atoms with Crippen molar-refractivity contribution in [2.45, 2.75) is 19.1 Å². The van der Waals surface area contributed by atoms with Crippen molar-refractivity contribution >= 4 is 24.0 Å². The van der Waals surface area contributed by atoms with E-state index in [1.54, 1.807) is 13.0 Å². The van der Waals surface area contributed by atoms with Crippen LogP contribution in [0.1, 0.15) is 18.5 Å². The zero-order valence-electron chi connectivity index (χ0n) is 7.58. The molecule has 0 amide bonds. The Balaban J connectivity index is 0.00000169. The summed E-state index contributed by atoms with van der Waals surface area (Å²) in [6.45, 7) is 1.55. The van der Waals surface area contributed by atoms with E-state index in [0.717, 1.165) is 0 Å². The van der Waals surface area contributed by atoms with Gasteiger partial charge in [0.2, 0.25) is 0 Å². The number of hydrogen-bond donors (Lipinski definition) is 2. The van der Waals surface area contributed by atoms with Crippen LogP contribution in [-0.2, 0) is 0 Å². The fourth-order valence-corrected chi connectivity index (χ4v) is 1.12. The van der Waals surface area contributed by atoms with E-state index >= 15 is 0 Å². The van der Waals surface area contributed by atoms with E-state index in [0.29, 0.717) is 5.56 Å². The minimum Gasteiger partial charge on any atom is -0.391 e. The normalized spacial score (nSPS) is 14.4. The highest BCUT2D eigenvalue weighted by atomic mass is 35.5. The summed E-state index contributed by atoms with van der Waals surface area (Å²) in [6, 6.07) is 3.68. The molecule has 5 heteroatoms. The number of aliphatic hydroxyl groups is 1. The first-order chi connectivity index (χ1) is 6.02. The van der Waals surface area contributed by atoms with Gasteiger partial charge in [0.25, 0.3) is 0 Å². The van der Waals surface area contributed by atoms with E-state index < -0.39 is 18.0 Å². The van der Waals surface area contributed by atoms with Gasteiger partial charge in [-0.15, -0.1) is 12.4 Å². The van der Waals surface area contributed by atoms with Crippen LogP contribution < -0.4 is 5.73 Å². The maximum atomic E-state index is 12.9. The minimum absolute atomic E-state index is 0. The Morgan fingerprint density at radius 2 is 2.07 bits per heavy atom. The third kappa shape index (κ3) is 3.10. The smallest absolute Gasteiger partial charge is 0.142 e. The van der Waals surface area contributed by atoms with E-state index in [-0.39, 0.29) is 17.4 Å². The topological polar surface area (TPSA) is 46.2 Å². The lowest BCUT2D eigenvalue weighted by Crippen LogP contribution is -2.23. The van der Waals surface area contributed by atoms with E-state index in [1.807, 2.05) is 0 Å². The van der Waals surface area contributed by atoms with Gasteiger partial charge >= 0.3 is 0 Å². The lowest BCUT2D eigenvalue weighted by Gasteiger charge is -2.14. The SMILES string of the molecule is C[C@@H](O)[C@@H](N)c1ccc(Cl)c(F)c1.Cl. The largest absolute Gasteiger partial charge is 0.391 e. The van der Waals surface area contributed by atoms with Crippen LogP contribution in [0.2, 0.25) is 5.02 Å². The molecule has 0 saturated carbocycles. The molecule has 0 unspecified atom stereocenters. The quantitative estimate of drug-likeness (QED) is 0.832. The number of hydrogen-bond acceptors (Lipinski definition) is 2. The number of benzene rings is 1. The van der Waals surface area contributed by atoms with Gasteiger partial charge < -0.3 is 10.8 Å². The maximum absolute atomic E-state index is 12.9. The molecule has 2 nitrogen and oxygen atoms in total. The minimum atomic E-state index is -0.708. The van der Waals surface area contributed by atoms with Gasteiger partial charge in [-0.25, -0.2) is 4.39 Å². The molecule has 80 valence electrons. The average Bonchev–Trinajstić information content (AvgIpc) is 2.08. The van der Waals surface area contributed by atoms with Gasteiger partial charge in [0, 0.05) is 0 Å². The van der Waals surface area contributed by atoms with Crippen LogP contribution in [0.5, 0.6) is 0 Å². The van der Waals surface area contributed by atoms with Gasteiger partial charge in [-0.05, 0) is 24.6 Å². The molecule has 0 heterocycles. The van der Waals surface area contributed by atoms with Crippen molar-refractivity contribution in [1.29, 1.82) is 0 Å². The van der Waals surface area contributed by atoms with Crippen LogP contribution in [0, 0.1) is 5.82 Å². The number of nitrogens with two attached hydrogens (primary N) is 1. The van der Waals surface area contributed by atoms with Crippen LogP contribution in [0.3, 0.4) is 0 Å². The molecule has 0 bridgehead atoms. The molecule has 0 saturated heterocycles. The molecule has 0 aliphatic heterocycles. The Morgan fingerprint density at radius 1 is 1.50 bits per heavy atom. The Hall–Kier alpha value is -0.350. The molecule has 2 atom stereocenters. The van der Waals surface area contributed by atoms with Gasteiger partial charge in [0.1, 0.15) is 5.82 Å². The van der Waals surface area contributed by atoms with Gasteiger partial charge in [0.05, 0.1) is 17.2 Å². The van der Waals surface area contributed by atoms with E-state index in [4.69, 9.17) is 22.4 Å². The maximum Gasteiger partial charge on any atom is 0.142 e. The summed E-state index contributed by atoms with van der Waals surface area (Å²) in [5, 5.41) is 9.21. The standard InChI is InChI=1S/C9H11ClFNO.ClH/c1-5(13)9(12)6-2-3-7(10)8(11)4-6;/h2-5,9,13H,12H2,1H3;1H/t5-,9-;/m1./s1. The van der Waals surface area contributed by atoms with E-state index in [9.17, 15) is 4.39 Å². The van der Waals surface area contributed by atoms with Crippen LogP contribution in [0.25, 0.3) is 0 Å². The van der Waals surface area contributed by atoms with E-state index in [2.05, 4.69) is 0 Å². The molecular weight excluding hydrogens is 228 g/mol. The van der Waals surface area contributed by atoms with Crippen LogP contribution in [0.4, 0.5) is 4.39 Å². The first-order valence-electron chi connectivity index (χ1n) is 3.91. The number of rotatable bonds is 2. The molecule has 0 aliphatic carbocycles. The first kappa shape index (κ1) is 13.7. The molecule has 0 radical (unpaired) electrons. The fourth-order valence-electron chi connectivity index (χ4n) is 0.998. The molecule has 3 N–H and O–H groups in total. The van der Waals surface area contributed by atoms with Crippen LogP contribution in [0.15, 0.2) is 18.2 Å². The fraction of sp³-hybridized carbons (Fsp3) is 0.333. The van der Waals surface area contributed by atoms with Crippen molar-refractivity contribution in [1.82, 2.24) is 0 Å². The third-order valence-electron chi connectivity index (χ3n) is 1.85. The molecule has 0 spiro atoms. The molecule has 0 fully saturated rings. The third-order valence-corrected chi connectivity index (χ3v) is 2.15. The molecule has 0 aliphatic rings. The molecule has 1 rings (SSSR count). The van der Waals surface area contributed by atoms with Crippen molar-refractivity contribution < 1.29 is 9.50 Å². The van der Waals surface area contributed by atoms with Gasteiger partial charge in [-0.1, -0.05) is 17.7 Å². The van der Waals surface area contributed by atoms with Crippen molar-refractivity contribution in [3.05, 3.63) is 34.6 Å². The second kappa shape index (κ2) is 5.51. The van der Waals surface area contributed by atoms with Crippen molar-refractivity contribution in [2.24, 2.45) is 5.73 Å². The van der Waals surface area contributed by atoms with Crippen LogP contribution >= 0.6 is 24.0 Å². The number of aliphatic hydroxyl groups excluding tert-OH is 1. The summed E-state index contributed by atoms with van der Waals surface area (Å²) in [5.74, 6) is -0.518. The predicted molar refractivity (Wildman–Crippen MR) is 57.3 cm³/mol. The lowest BCUT2D eigenvalue weighted by atomic mass is 10.0. The first-order valence-corrected chi connectivity index (χ1v) is 4.28. The highest BCUT2D eigenvalue weighted by Crippen LogP contribution is 2.20. The molecule has 1 aromatic rings. The Labute approximate surface area is 93.3 Å². The average molecular weight is 240 g/mol. The van der Waals surface area contributed by atoms with Gasteiger partial charge in [-0.3, -0.25) is 0 Å². The van der Waals surface area contributed by atoms with Crippen molar-refractivity contribution in [3.63, 3.8) is 0 Å². The Bertz CT molecular complexity index is 307. The van der Waals surface area contributed by atoms with Crippen molar-refractivity contribution in [3.8, 4) is 0 Å². The van der Waals surface area contributed by atoms with Gasteiger partial charge in [0.15, 0.2) is 0 Å². The molecular formula is C9H12Cl2FNO. The number of halogens is 3. The summed E-state index contributed by atoms with van der Waals surface area (Å²) < 4.78 is 12.9. The highest BCUT2D eigenvalue weighted by molar-refractivity contribution is 6.30. The summed E-state index contributed by atoms with van der Waals surface area (Å²) in [5.41, 5.74) is 6.14. The van der Waals surface area contributed by atoms with Crippen molar-refractivity contribution in [2.75, 3.05) is 0 Å². The zero-order valence-corrected chi connectivity index (χ0v) is 9.15. The second-order valence-corrected chi connectivity index (χ2v) is 3.35. The highest BCUT2D eigenvalue weighted by Gasteiger charge is 2.13. The summed E-state index contributed by atoms with van der Waals surface area (Å²) in [6.07, 6.45) is -0.708. The van der Waals surface area contributed by atoms with Gasteiger partial charge in [-0.2, -0.15) is 0 Å². The summed E-state index contributed by atoms with van der Waals surface area (Å²) >= 11 is 5.49. The summed E-state index contributed by atoms with van der Waals surface area (Å²) in [7, 11) is 0.